The fraction of sp³-hybridized carbons (Fsp3) is 0.589. The van der Waals surface area contributed by atoms with Crippen LogP contribution in [-0.2, 0) is 151 Å². The summed E-state index contributed by atoms with van der Waals surface area (Å²) in [6, 6.07) is 54.2. The average Bonchev–Trinajstić information content (AvgIpc) is 2.00. The molecule has 0 saturated carbocycles. The van der Waals surface area contributed by atoms with Gasteiger partial charge in [-0.05, 0) is 143 Å². The number of carbonyl (C=O) groups excluding carboxylic acids is 5. The molecule has 1 aromatic heterocycles. The zero-order chi connectivity index (χ0) is 142. The van der Waals surface area contributed by atoms with Gasteiger partial charge in [0.15, 0.2) is 30.9 Å². The molecule has 1 radical (unpaired) electrons. The maximum atomic E-state index is 11.6. The molecule has 21 rings (SSSR count). The number of cyclic esters (lactones) is 3. The molecule has 5 aromatic carbocycles. The van der Waals surface area contributed by atoms with Gasteiger partial charge in [-0.3, -0.25) is 19.2 Å². The fourth-order valence-electron chi connectivity index (χ4n) is 12.1. The van der Waals surface area contributed by atoms with Crippen molar-refractivity contribution in [2.45, 2.75) is 225 Å². The number of rotatable bonds is 21. The minimum Gasteiger partial charge on any atom is -0.520 e. The van der Waals surface area contributed by atoms with Gasteiger partial charge in [-0.15, -0.1) is 46.4 Å². The van der Waals surface area contributed by atoms with Gasteiger partial charge in [-0.25, -0.2) is 20.3 Å². The molecule has 0 spiro atoms. The van der Waals surface area contributed by atoms with Crippen LogP contribution in [0.1, 0.15) is 203 Å². The van der Waals surface area contributed by atoms with Gasteiger partial charge in [-0.2, -0.15) is 11.1 Å². The summed E-state index contributed by atoms with van der Waals surface area (Å²) in [5.41, 5.74) is 6.54. The van der Waals surface area contributed by atoms with Crippen molar-refractivity contribution in [1.29, 1.82) is 6.77 Å². The van der Waals surface area contributed by atoms with Crippen molar-refractivity contribution in [3.8, 4) is 0 Å². The van der Waals surface area contributed by atoms with Crippen molar-refractivity contribution < 1.29 is 239 Å². The number of halogens is 5. The molecule has 12 saturated heterocycles. The monoisotopic (exact) mass is 2340 g/mol. The number of aliphatic imine (C=N–C) groups is 2. The van der Waals surface area contributed by atoms with Crippen LogP contribution in [0.25, 0.3) is 0 Å². The van der Waals surface area contributed by atoms with E-state index in [0.29, 0.717) is 49.6 Å². The number of hydrogen-bond acceptors (Lipinski definition) is 33. The molecule has 841 valence electrons. The Morgan fingerprint density at radius 1 is 0.533 bits per heavy atom. The van der Waals surface area contributed by atoms with Crippen LogP contribution in [0.4, 0.5) is 0 Å². The van der Waals surface area contributed by atoms with Crippen molar-refractivity contribution in [3.63, 3.8) is 0 Å². The number of Topliss-reactive ketones (excluding diaryl/α,β-unsaturated/α-hetero) is 1. The number of esters is 3. The Hall–Kier alpha value is -5.97. The first-order valence-corrected chi connectivity index (χ1v) is 55.8. The summed E-state index contributed by atoms with van der Waals surface area (Å²) in [4.78, 5) is 67.7. The van der Waals surface area contributed by atoms with E-state index < -0.39 is 243 Å². The van der Waals surface area contributed by atoms with E-state index in [1.807, 2.05) is 165 Å². The standard InChI is InChI=1S/C23H19N3O2.C13H18O4.C13H16O4.C9H10O2.C7H14O2Si.2C6H10O3.C6H8O3.2C4H6O2.2C4H8O.C3H9ClSi.C2H6O.2CH2Cl2.CH4.BH4.Cu.Na/c1-3-8-16(9-4-1)20-14-27-22(25-20)18-12-7-13-19(24-18)23-26-21(15-28-23)17-10-5-2-6-11-17;2*14-12(11-6-7-17-13(11)15)9-16-8-10-4-2-1-3-5-10;10-6-7-11-8-9-4-2-1-3-5-9;1-10(2,3)9-7-5-4-6-8-7;3*7-5-3-9-6-4(5)1-2-8-6;2*5-4-2-1-3-6-4;2*1-2-4-5-3-1;1-5(2,3)4;1-2-3;2*2-1-3;;;;/h1-13,20-21H,14-15H2;1-5,11-15H,6-9H2;1-5,11-12,14H,6-9H2;1-6H,7-8H2;5H,4,6H2,1-3H3;2*4-7H,1-3H2;4,6H,1-3H2;2*1-3H2;2*1-4H2;1-3H3;3H,2H2,1H3;2*1H2;2*1H4;;/q;;;;;;;;;;;;;;;;;-1;;+1/t20-,21-;11-,12+,13?;11-,12+;;;4-,5+,6+;4-,5-,6+;4-,6+;;;;;;;;;;;;/m100..000............/s1/i;2*6D2,7D2;;4D2,6D2;1D2,2D2;1D2,2D2,5D;1D2,2D2;1D2,2D2,3D2;1D2,3D2;;;;3D;;;;1D4;;. The minimum atomic E-state index is -3.00. The predicted octanol–water partition coefficient (Wildman–Crippen LogP) is 12.4. The summed E-state index contributed by atoms with van der Waals surface area (Å²) in [7, 11) is -6.01. The number of aliphatic hydroxyl groups is 6. The van der Waals surface area contributed by atoms with E-state index in [2.05, 4.69) is 82.4 Å². The molecule has 6 N–H and O–H groups in total. The molecule has 16 heterocycles. The topological polar surface area (TPSA) is 420 Å². The van der Waals surface area contributed by atoms with E-state index in [0.717, 1.165) is 66.6 Å². The molecule has 15 atom stereocenters. The van der Waals surface area contributed by atoms with E-state index in [1.165, 1.54) is 25.7 Å². The third-order valence-electron chi connectivity index (χ3n) is 18.7. The largest absolute Gasteiger partial charge is 1.00 e. The smallest absolute Gasteiger partial charge is 0.520 e. The van der Waals surface area contributed by atoms with Gasteiger partial charge in [0.05, 0.1) is 169 Å². The van der Waals surface area contributed by atoms with Gasteiger partial charge in [0, 0.05) is 112 Å². The number of ketones is 1. The molecule has 0 aliphatic carbocycles. The van der Waals surface area contributed by atoms with Gasteiger partial charge < -0.3 is 125 Å². The summed E-state index contributed by atoms with van der Waals surface area (Å²) >= 11 is 24.7. The second kappa shape index (κ2) is 84.3. The SMILES string of the molecule is C.C1CCOC1.C1CCOC1.C[Si](C)(C)Cl.ClCCl.ClCCl.O=CCOCc1ccccc1.[2H]C1([2H])C=C(O[Si](C)(C)C)OC1([2H])[2H].[2H]C1([2H])CC(=O)OC1([2H])[2H].[2H]C1([2H])OC(=O)C([2H])([2H])C1([2H])[2H].[2H]C1([2H])OC(=O)[C@H]([C@H](O)COCc2ccccc2)C1([2H])[2H].[2H]C1([2H])OC(O)[C@H]([C@H](O)COCc2ccccc2)C1([2H])[2H].[2H]C1([2H])O[C@@H]2OCC(=O)[C@@H]2C1([2H])[2H].[2H]C1([2H])O[C@@H]2OC[C@@H](O)[C@@H]2C1([2H])[2H].[2H]C1([2H])O[C@@H]2OC[C@]([2H])(O)[C@@H]2C1([2H])[2H].[2H]OCC.[2H][B-]([2H])([2H])[2H].[Cu].[Na+].c1ccc([C@H]2COC(c3cccc(C4=N[C@@H](c5ccccc5)CO4)n3)=N2)cc1. The molecule has 43 heteroatoms. The number of aliphatic hydroxyl groups excluding tert-OH is 5. The van der Waals surface area contributed by atoms with Crippen LogP contribution in [-0.4, -0.2) is 307 Å². The van der Waals surface area contributed by atoms with E-state index in [4.69, 9.17) is 183 Å². The number of carbonyl (C=O) groups is 5. The minimum absolute atomic E-state index is 0. The van der Waals surface area contributed by atoms with Crippen molar-refractivity contribution in [2.75, 3.05) is 149 Å². The first-order valence-electron chi connectivity index (χ1n) is 66.0. The zero-order valence-corrected chi connectivity index (χ0v) is 91.9. The number of nitrogens with zero attached hydrogens (tertiary/aromatic N) is 3. The van der Waals surface area contributed by atoms with Gasteiger partial charge >= 0.3 is 47.5 Å². The summed E-state index contributed by atoms with van der Waals surface area (Å²) < 4.78 is 377. The van der Waals surface area contributed by atoms with E-state index >= 15 is 0 Å². The van der Waals surface area contributed by atoms with Crippen LogP contribution < -0.4 is 29.6 Å². The Balaban J connectivity index is 0.000000700. The van der Waals surface area contributed by atoms with E-state index in [9.17, 15) is 49.5 Å². The van der Waals surface area contributed by atoms with E-state index in [-0.39, 0.29) is 136 Å². The average molecular weight is 2340 g/mol. The number of benzene rings is 5. The molecule has 1 unspecified atom stereocenters. The Bertz CT molecular complexity index is 6350. The number of fused-ring (bicyclic) bond motifs is 3. The maximum Gasteiger partial charge on any atom is 1.00 e. The maximum absolute atomic E-state index is 11.6. The van der Waals surface area contributed by atoms with Crippen molar-refractivity contribution in [1.82, 2.24) is 4.98 Å². The summed E-state index contributed by atoms with van der Waals surface area (Å²) in [6.07, 6.45) is -26.7. The van der Waals surface area contributed by atoms with Crippen molar-refractivity contribution >= 4 is 123 Å². The molecule has 12 fully saturated rings. The van der Waals surface area contributed by atoms with Crippen LogP contribution in [0.3, 0.4) is 0 Å². The summed E-state index contributed by atoms with van der Waals surface area (Å²) in [5, 5.41) is 52.6. The molecule has 15 aliphatic rings. The molecule has 0 amide bonds. The third-order valence-corrected chi connectivity index (χ3v) is 19.5. The number of aromatic nitrogens is 1. The number of aldehydes is 1. The Kier molecular flexibility index (Phi) is 48.4. The van der Waals surface area contributed by atoms with Gasteiger partial charge in [0.25, 0.3) is 5.95 Å². The Labute approximate surface area is 1000 Å². The third kappa shape index (κ3) is 60.5. The molecule has 33 nitrogen and oxygen atoms in total. The van der Waals surface area contributed by atoms with Gasteiger partial charge in [-0.1, -0.05) is 193 Å². The normalized spacial score (nSPS) is 33.8. The summed E-state index contributed by atoms with van der Waals surface area (Å²) in [5.74, 6) is -9.15. The molecular formula is C107H160BCl5CuN3NaO30Si2. The second-order valence-corrected chi connectivity index (χ2v) is 46.1. The van der Waals surface area contributed by atoms with Crippen LogP contribution in [0.5, 0.6) is 0 Å². The molecule has 6 aromatic rings. The number of hydrogen-bond donors (Lipinski definition) is 6. The fourth-order valence-corrected chi connectivity index (χ4v) is 12.8. The molecule has 150 heavy (non-hydrogen) atoms. The van der Waals surface area contributed by atoms with Gasteiger partial charge in [0.1, 0.15) is 63.6 Å². The number of pyridine rings is 1. The molecule has 0 bridgehead atoms. The number of ether oxygens (including phenoxy) is 18. The van der Waals surface area contributed by atoms with Crippen LogP contribution >= 0.6 is 57.5 Å². The second-order valence-electron chi connectivity index (χ2n) is 32.5. The van der Waals surface area contributed by atoms with E-state index in [1.54, 1.807) is 6.92 Å². The van der Waals surface area contributed by atoms with Crippen LogP contribution in [0, 0.1) is 29.6 Å². The first-order chi connectivity index (χ1) is 86.0. The molecule has 15 aliphatic heterocycles. The van der Waals surface area contributed by atoms with Crippen LogP contribution in [0.2, 0.25) is 39.3 Å². The Morgan fingerprint density at radius 2 is 0.987 bits per heavy atom. The Morgan fingerprint density at radius 3 is 1.37 bits per heavy atom. The first kappa shape index (κ1) is 86.1. The zero-order valence-electron chi connectivity index (χ0n) is 123. The van der Waals surface area contributed by atoms with Gasteiger partial charge in [0.2, 0.25) is 21.5 Å². The number of alkyl halides is 4. The van der Waals surface area contributed by atoms with Crippen molar-refractivity contribution in [2.24, 2.45) is 39.6 Å². The summed E-state index contributed by atoms with van der Waals surface area (Å²) in [6.45, 7) is -1.05. The predicted molar refractivity (Wildman–Crippen MR) is 578 cm³/mol. The van der Waals surface area contributed by atoms with Crippen molar-refractivity contribution in [3.05, 3.63) is 221 Å². The quantitative estimate of drug-likeness (QED) is 0.00741. The molecular weight excluding hydrogens is 2140 g/mol. The van der Waals surface area contributed by atoms with Crippen LogP contribution in [0.15, 0.2) is 192 Å².